The molecular formula is C14H9BrClN3O. The fourth-order valence-corrected chi connectivity index (χ4v) is 2.30. The molecule has 0 atom stereocenters. The smallest absolute Gasteiger partial charge is 0.258 e. The molecule has 1 aromatic heterocycles. The fourth-order valence-electron chi connectivity index (χ4n) is 1.79. The van der Waals surface area contributed by atoms with Gasteiger partial charge in [0.1, 0.15) is 0 Å². The number of hydrogen-bond donors (Lipinski definition) is 1. The molecule has 0 saturated heterocycles. The Morgan fingerprint density at radius 3 is 2.50 bits per heavy atom. The Balaban J connectivity index is 1.99. The van der Waals surface area contributed by atoms with Gasteiger partial charge in [-0.15, -0.1) is 0 Å². The maximum Gasteiger partial charge on any atom is 0.258 e. The minimum atomic E-state index is 0.386. The third-order valence-electron chi connectivity index (χ3n) is 2.70. The molecule has 0 aliphatic carbocycles. The van der Waals surface area contributed by atoms with Crippen molar-refractivity contribution in [1.29, 1.82) is 0 Å². The highest BCUT2D eigenvalue weighted by Crippen LogP contribution is 2.27. The average Bonchev–Trinajstić information content (AvgIpc) is 2.88. The van der Waals surface area contributed by atoms with Gasteiger partial charge in [0.05, 0.1) is 0 Å². The van der Waals surface area contributed by atoms with Crippen molar-refractivity contribution in [2.75, 3.05) is 5.73 Å². The van der Waals surface area contributed by atoms with Gasteiger partial charge in [0.25, 0.3) is 5.89 Å². The summed E-state index contributed by atoms with van der Waals surface area (Å²) in [5, 5.41) is 4.50. The number of aromatic nitrogens is 2. The van der Waals surface area contributed by atoms with Crippen LogP contribution < -0.4 is 5.73 Å². The summed E-state index contributed by atoms with van der Waals surface area (Å²) in [6.07, 6.45) is 0. The second-order valence-electron chi connectivity index (χ2n) is 4.20. The molecule has 2 N–H and O–H groups in total. The van der Waals surface area contributed by atoms with Gasteiger partial charge in [0.2, 0.25) is 5.82 Å². The molecule has 100 valence electrons. The largest absolute Gasteiger partial charge is 0.399 e. The zero-order valence-electron chi connectivity index (χ0n) is 10.2. The summed E-state index contributed by atoms with van der Waals surface area (Å²) < 4.78 is 6.25. The number of halogens is 2. The molecule has 4 nitrogen and oxygen atoms in total. The highest BCUT2D eigenvalue weighted by molar-refractivity contribution is 9.10. The summed E-state index contributed by atoms with van der Waals surface area (Å²) in [6, 6.07) is 12.8. The fraction of sp³-hybridized carbons (Fsp3) is 0. The molecule has 0 radical (unpaired) electrons. The summed E-state index contributed by atoms with van der Waals surface area (Å²) >= 11 is 9.35. The van der Waals surface area contributed by atoms with Crippen LogP contribution in [0.25, 0.3) is 22.8 Å². The van der Waals surface area contributed by atoms with E-state index in [-0.39, 0.29) is 0 Å². The van der Waals surface area contributed by atoms with Crippen molar-refractivity contribution in [2.45, 2.75) is 0 Å². The van der Waals surface area contributed by atoms with E-state index < -0.39 is 0 Å². The molecular weight excluding hydrogens is 342 g/mol. The molecule has 0 unspecified atom stereocenters. The molecule has 3 aromatic rings. The van der Waals surface area contributed by atoms with Crippen LogP contribution >= 0.6 is 27.5 Å². The third kappa shape index (κ3) is 2.69. The first-order valence-electron chi connectivity index (χ1n) is 5.78. The van der Waals surface area contributed by atoms with Crippen molar-refractivity contribution in [3.05, 3.63) is 52.0 Å². The van der Waals surface area contributed by atoms with Crippen LogP contribution in [0.3, 0.4) is 0 Å². The van der Waals surface area contributed by atoms with Crippen LogP contribution in [0.4, 0.5) is 5.69 Å². The van der Waals surface area contributed by atoms with Crippen molar-refractivity contribution in [2.24, 2.45) is 0 Å². The Hall–Kier alpha value is -1.85. The van der Waals surface area contributed by atoms with Gasteiger partial charge in [-0.25, -0.2) is 0 Å². The maximum atomic E-state index is 5.97. The zero-order valence-corrected chi connectivity index (χ0v) is 12.5. The Bertz CT molecular complexity index is 735. The second-order valence-corrected chi connectivity index (χ2v) is 5.56. The van der Waals surface area contributed by atoms with Crippen LogP contribution in [0.5, 0.6) is 0 Å². The summed E-state index contributed by atoms with van der Waals surface area (Å²) in [4.78, 5) is 4.36. The predicted octanol–water partition coefficient (Wildman–Crippen LogP) is 4.40. The Morgan fingerprint density at radius 2 is 1.80 bits per heavy atom. The average molecular weight is 351 g/mol. The van der Waals surface area contributed by atoms with E-state index in [1.807, 2.05) is 24.3 Å². The van der Waals surface area contributed by atoms with E-state index in [4.69, 9.17) is 21.9 Å². The van der Waals surface area contributed by atoms with Gasteiger partial charge in [0.15, 0.2) is 0 Å². The standard InChI is InChI=1S/C14H9BrClN3O/c15-10-3-1-8(2-4-10)13-18-14(20-19-13)9-5-11(16)7-12(17)6-9/h1-7H,17H2. The molecule has 0 spiro atoms. The van der Waals surface area contributed by atoms with Gasteiger partial charge in [-0.05, 0) is 42.5 Å². The van der Waals surface area contributed by atoms with E-state index in [1.165, 1.54) is 0 Å². The lowest BCUT2D eigenvalue weighted by molar-refractivity contribution is 0.432. The lowest BCUT2D eigenvalue weighted by atomic mass is 10.2. The molecule has 6 heteroatoms. The molecule has 0 amide bonds. The van der Waals surface area contributed by atoms with Crippen molar-refractivity contribution < 1.29 is 4.52 Å². The number of hydrogen-bond acceptors (Lipinski definition) is 4. The molecule has 2 aromatic carbocycles. The van der Waals surface area contributed by atoms with Crippen LogP contribution in [0.2, 0.25) is 5.02 Å². The van der Waals surface area contributed by atoms with E-state index in [0.717, 1.165) is 10.0 Å². The first kappa shape index (κ1) is 13.1. The van der Waals surface area contributed by atoms with Gasteiger partial charge < -0.3 is 10.3 Å². The Morgan fingerprint density at radius 1 is 1.05 bits per heavy atom. The molecule has 0 aliphatic rings. The predicted molar refractivity (Wildman–Crippen MR) is 82.3 cm³/mol. The van der Waals surface area contributed by atoms with Gasteiger partial charge in [-0.3, -0.25) is 0 Å². The number of rotatable bonds is 2. The molecule has 0 aliphatic heterocycles. The molecule has 0 fully saturated rings. The lowest BCUT2D eigenvalue weighted by Gasteiger charge is -1.98. The van der Waals surface area contributed by atoms with E-state index in [9.17, 15) is 0 Å². The highest BCUT2D eigenvalue weighted by Gasteiger charge is 2.11. The summed E-state index contributed by atoms with van der Waals surface area (Å²) in [5.74, 6) is 0.906. The molecule has 20 heavy (non-hydrogen) atoms. The lowest BCUT2D eigenvalue weighted by Crippen LogP contribution is -1.86. The van der Waals surface area contributed by atoms with Gasteiger partial charge in [-0.2, -0.15) is 4.98 Å². The highest BCUT2D eigenvalue weighted by atomic mass is 79.9. The van der Waals surface area contributed by atoms with Crippen LogP contribution in [0.1, 0.15) is 0 Å². The number of nitrogens with zero attached hydrogens (tertiary/aromatic N) is 2. The van der Waals surface area contributed by atoms with E-state index in [1.54, 1.807) is 18.2 Å². The number of nitrogens with two attached hydrogens (primary N) is 1. The van der Waals surface area contributed by atoms with Crippen molar-refractivity contribution in [3.8, 4) is 22.8 Å². The summed E-state index contributed by atoms with van der Waals surface area (Å²) in [6.45, 7) is 0. The minimum absolute atomic E-state index is 0.386. The monoisotopic (exact) mass is 349 g/mol. The maximum absolute atomic E-state index is 5.97. The molecule has 0 bridgehead atoms. The topological polar surface area (TPSA) is 64.9 Å². The third-order valence-corrected chi connectivity index (χ3v) is 3.44. The molecule has 1 heterocycles. The first-order chi connectivity index (χ1) is 9.61. The van der Waals surface area contributed by atoms with Crippen molar-refractivity contribution in [3.63, 3.8) is 0 Å². The van der Waals surface area contributed by atoms with Crippen LogP contribution in [0, 0.1) is 0 Å². The SMILES string of the molecule is Nc1cc(Cl)cc(-c2nc(-c3ccc(Br)cc3)no2)c1. The normalized spacial score (nSPS) is 10.7. The number of nitrogen functional groups attached to an aromatic ring is 1. The Kier molecular flexibility index (Phi) is 3.46. The van der Waals surface area contributed by atoms with Gasteiger partial charge >= 0.3 is 0 Å². The van der Waals surface area contributed by atoms with Gasteiger partial charge in [0, 0.05) is 26.3 Å². The zero-order chi connectivity index (χ0) is 14.1. The number of anilines is 1. The molecule has 3 rings (SSSR count). The second kappa shape index (κ2) is 5.26. The van der Waals surface area contributed by atoms with Crippen molar-refractivity contribution >= 4 is 33.2 Å². The van der Waals surface area contributed by atoms with Crippen LogP contribution in [-0.2, 0) is 0 Å². The van der Waals surface area contributed by atoms with E-state index in [2.05, 4.69) is 26.1 Å². The summed E-state index contributed by atoms with van der Waals surface area (Å²) in [7, 11) is 0. The van der Waals surface area contributed by atoms with E-state index >= 15 is 0 Å². The van der Waals surface area contributed by atoms with Crippen LogP contribution in [-0.4, -0.2) is 10.1 Å². The summed E-state index contributed by atoms with van der Waals surface area (Å²) in [5.41, 5.74) is 7.88. The molecule has 0 saturated carbocycles. The first-order valence-corrected chi connectivity index (χ1v) is 6.95. The van der Waals surface area contributed by atoms with E-state index in [0.29, 0.717) is 28.0 Å². The number of benzene rings is 2. The minimum Gasteiger partial charge on any atom is -0.399 e. The Labute approximate surface area is 128 Å². The van der Waals surface area contributed by atoms with Gasteiger partial charge in [-0.1, -0.05) is 32.7 Å². The van der Waals surface area contributed by atoms with Crippen LogP contribution in [0.15, 0.2) is 51.5 Å². The van der Waals surface area contributed by atoms with Crippen molar-refractivity contribution in [1.82, 2.24) is 10.1 Å². The quantitative estimate of drug-likeness (QED) is 0.696.